The minimum atomic E-state index is 0.490. The summed E-state index contributed by atoms with van der Waals surface area (Å²) in [6.45, 7) is 15.7. The second-order valence-corrected chi connectivity index (χ2v) is 15.3. The van der Waals surface area contributed by atoms with Crippen LogP contribution in [0, 0.1) is 35.8 Å². The zero-order valence-electron chi connectivity index (χ0n) is 33.8. The molecular weight excluding hydrogens is 787 g/mol. The van der Waals surface area contributed by atoms with Crippen molar-refractivity contribution in [3.63, 3.8) is 0 Å². The standard InChI is InChI=1S/C55H29N9/c1-58-39-20-25-50-45(30-39)46-31-40(59-2)21-26-51(46)64(50)52-29-38(55-61-53(36-11-5-3-6-12-36)60-54(62-55)37-13-7-4-8-14-37)19-22-42(52)41-15-9-10-16-47(41)63-48-23-17-34(32-56)27-43(48)44-28-35(33-57)18-24-49(44)63/h3-31H. The molecular formula is C55H29N9. The van der Waals surface area contributed by atoms with E-state index < -0.39 is 0 Å². The lowest BCUT2D eigenvalue weighted by Gasteiger charge is -2.19. The van der Waals surface area contributed by atoms with E-state index in [1.807, 2.05) is 152 Å². The molecule has 0 aliphatic rings. The Morgan fingerprint density at radius 2 is 0.812 bits per heavy atom. The summed E-state index contributed by atoms with van der Waals surface area (Å²) in [5.41, 5.74) is 11.5. The Morgan fingerprint density at radius 1 is 0.391 bits per heavy atom. The van der Waals surface area contributed by atoms with E-state index in [9.17, 15) is 10.5 Å². The summed E-state index contributed by atoms with van der Waals surface area (Å²) in [5.74, 6) is 1.58. The van der Waals surface area contributed by atoms with Gasteiger partial charge in [-0.25, -0.2) is 24.6 Å². The van der Waals surface area contributed by atoms with Crippen LogP contribution < -0.4 is 0 Å². The van der Waals surface area contributed by atoms with E-state index in [1.54, 1.807) is 0 Å². The van der Waals surface area contributed by atoms with Gasteiger partial charge in [-0.15, -0.1) is 0 Å². The summed E-state index contributed by atoms with van der Waals surface area (Å²) in [6, 6.07) is 61.5. The van der Waals surface area contributed by atoms with Crippen molar-refractivity contribution in [3.8, 4) is 68.8 Å². The quantitative estimate of drug-likeness (QED) is 0.155. The molecule has 0 aliphatic heterocycles. The van der Waals surface area contributed by atoms with E-state index in [2.05, 4.69) is 55.2 Å². The van der Waals surface area contributed by atoms with Crippen molar-refractivity contribution in [2.75, 3.05) is 0 Å². The van der Waals surface area contributed by atoms with E-state index in [4.69, 9.17) is 28.1 Å². The molecule has 11 aromatic rings. The van der Waals surface area contributed by atoms with E-state index in [1.165, 1.54) is 0 Å². The number of hydrogen-bond acceptors (Lipinski definition) is 5. The second kappa shape index (κ2) is 15.1. The third-order valence-corrected chi connectivity index (χ3v) is 11.6. The molecule has 3 aromatic heterocycles. The van der Waals surface area contributed by atoms with Crippen LogP contribution in [0.15, 0.2) is 176 Å². The van der Waals surface area contributed by atoms with Gasteiger partial charge in [-0.05, 0) is 83.6 Å². The molecule has 9 nitrogen and oxygen atoms in total. The number of hydrogen-bond donors (Lipinski definition) is 0. The van der Waals surface area contributed by atoms with Crippen LogP contribution in [0.2, 0.25) is 0 Å². The zero-order valence-corrected chi connectivity index (χ0v) is 33.8. The van der Waals surface area contributed by atoms with Gasteiger partial charge in [0.05, 0.1) is 69.9 Å². The first-order valence-electron chi connectivity index (χ1n) is 20.4. The second-order valence-electron chi connectivity index (χ2n) is 15.3. The Morgan fingerprint density at radius 3 is 1.31 bits per heavy atom. The molecule has 0 bridgehead atoms. The Balaban J connectivity index is 1.23. The molecule has 294 valence electrons. The lowest BCUT2D eigenvalue weighted by atomic mass is 9.98. The third kappa shape index (κ3) is 6.10. The number of nitriles is 2. The first kappa shape index (κ1) is 37.3. The van der Waals surface area contributed by atoms with Crippen molar-refractivity contribution in [1.29, 1.82) is 10.5 Å². The van der Waals surface area contributed by atoms with Crippen LogP contribution in [-0.2, 0) is 0 Å². The third-order valence-electron chi connectivity index (χ3n) is 11.6. The van der Waals surface area contributed by atoms with Crippen LogP contribution >= 0.6 is 0 Å². The first-order valence-corrected chi connectivity index (χ1v) is 20.4. The van der Waals surface area contributed by atoms with Gasteiger partial charge in [0.1, 0.15) is 0 Å². The van der Waals surface area contributed by atoms with Gasteiger partial charge in [0.2, 0.25) is 0 Å². The van der Waals surface area contributed by atoms with Crippen molar-refractivity contribution < 1.29 is 0 Å². The predicted molar refractivity (Wildman–Crippen MR) is 252 cm³/mol. The normalized spacial score (nSPS) is 11.1. The molecule has 0 amide bonds. The van der Waals surface area contributed by atoms with Gasteiger partial charge in [-0.3, -0.25) is 0 Å². The molecule has 64 heavy (non-hydrogen) atoms. The average molecular weight is 816 g/mol. The zero-order chi connectivity index (χ0) is 43.3. The summed E-state index contributed by atoms with van der Waals surface area (Å²) < 4.78 is 4.39. The molecule has 0 spiro atoms. The number of aromatic nitrogens is 5. The van der Waals surface area contributed by atoms with Crippen molar-refractivity contribution >= 4 is 55.0 Å². The fourth-order valence-corrected chi connectivity index (χ4v) is 8.74. The summed E-state index contributed by atoms with van der Waals surface area (Å²) in [7, 11) is 0. The topological polar surface area (TPSA) is 105 Å². The maximum Gasteiger partial charge on any atom is 0.188 e. The van der Waals surface area contributed by atoms with Gasteiger partial charge in [0.15, 0.2) is 28.8 Å². The fourth-order valence-electron chi connectivity index (χ4n) is 8.74. The molecule has 9 heteroatoms. The molecule has 0 fully saturated rings. The van der Waals surface area contributed by atoms with Gasteiger partial charge in [0, 0.05) is 38.6 Å². The van der Waals surface area contributed by atoms with Gasteiger partial charge < -0.3 is 9.13 Å². The maximum absolute atomic E-state index is 9.91. The number of benzene rings is 8. The Bertz CT molecular complexity index is 3690. The lowest BCUT2D eigenvalue weighted by Crippen LogP contribution is -2.03. The number of fused-ring (bicyclic) bond motifs is 6. The molecule has 11 rings (SSSR count). The van der Waals surface area contributed by atoms with Gasteiger partial charge in [-0.2, -0.15) is 10.5 Å². The smallest absolute Gasteiger partial charge is 0.188 e. The summed E-state index contributed by atoms with van der Waals surface area (Å²) in [4.78, 5) is 22.7. The largest absolute Gasteiger partial charge is 0.309 e. The Hall–Kier alpha value is -9.67. The van der Waals surface area contributed by atoms with Crippen LogP contribution in [0.1, 0.15) is 11.1 Å². The molecule has 0 atom stereocenters. The van der Waals surface area contributed by atoms with Crippen LogP contribution in [0.4, 0.5) is 11.4 Å². The highest BCUT2D eigenvalue weighted by Crippen LogP contribution is 2.43. The molecule has 0 saturated heterocycles. The molecule has 8 aromatic carbocycles. The first-order chi connectivity index (χ1) is 31.5. The van der Waals surface area contributed by atoms with Gasteiger partial charge >= 0.3 is 0 Å². The highest BCUT2D eigenvalue weighted by atomic mass is 15.0. The Kier molecular flexibility index (Phi) is 8.81. The number of nitrogens with zero attached hydrogens (tertiary/aromatic N) is 9. The number of para-hydroxylation sites is 1. The Labute approximate surface area is 366 Å². The molecule has 0 saturated carbocycles. The highest BCUT2D eigenvalue weighted by molar-refractivity contribution is 6.13. The molecule has 0 unspecified atom stereocenters. The summed E-state index contributed by atoms with van der Waals surface area (Å²) in [6.07, 6.45) is 0. The number of rotatable bonds is 6. The van der Waals surface area contributed by atoms with E-state index in [-0.39, 0.29) is 0 Å². The average Bonchev–Trinajstić information content (AvgIpc) is 3.87. The molecule has 0 radical (unpaired) electrons. The van der Waals surface area contributed by atoms with Crippen molar-refractivity contribution in [3.05, 3.63) is 210 Å². The molecule has 3 heterocycles. The van der Waals surface area contributed by atoms with Crippen molar-refractivity contribution in [1.82, 2.24) is 24.1 Å². The van der Waals surface area contributed by atoms with Crippen LogP contribution in [0.5, 0.6) is 0 Å². The summed E-state index contributed by atoms with van der Waals surface area (Å²) in [5, 5.41) is 23.3. The maximum atomic E-state index is 9.91. The highest BCUT2D eigenvalue weighted by Gasteiger charge is 2.23. The van der Waals surface area contributed by atoms with E-state index >= 15 is 0 Å². The molecule has 0 N–H and O–H groups in total. The van der Waals surface area contributed by atoms with E-state index in [0.717, 1.165) is 82.8 Å². The fraction of sp³-hybridized carbons (Fsp3) is 0. The molecule has 0 aliphatic carbocycles. The van der Waals surface area contributed by atoms with Gasteiger partial charge in [0.25, 0.3) is 0 Å². The van der Waals surface area contributed by atoms with Crippen LogP contribution in [0.25, 0.3) is 110 Å². The summed E-state index contributed by atoms with van der Waals surface area (Å²) >= 11 is 0. The van der Waals surface area contributed by atoms with Crippen LogP contribution in [0.3, 0.4) is 0 Å². The predicted octanol–water partition coefficient (Wildman–Crippen LogP) is 13.6. The minimum absolute atomic E-state index is 0.490. The SMILES string of the molecule is [C-]#[N+]c1ccc2c(c1)c1cc([N+]#[C-])ccc1n2-c1cc(-c2nc(-c3ccccc3)nc(-c3ccccc3)n2)ccc1-c1ccccc1-n1c2ccc(C#N)cc2c2cc(C#N)ccc21. The van der Waals surface area contributed by atoms with Crippen molar-refractivity contribution in [2.45, 2.75) is 0 Å². The van der Waals surface area contributed by atoms with Crippen molar-refractivity contribution in [2.24, 2.45) is 0 Å². The van der Waals surface area contributed by atoms with E-state index in [0.29, 0.717) is 40.0 Å². The monoisotopic (exact) mass is 815 g/mol. The lowest BCUT2D eigenvalue weighted by molar-refractivity contribution is 1.07. The van der Waals surface area contributed by atoms with Crippen LogP contribution in [-0.4, -0.2) is 24.1 Å². The minimum Gasteiger partial charge on any atom is -0.309 e. The van der Waals surface area contributed by atoms with Gasteiger partial charge in [-0.1, -0.05) is 103 Å².